The van der Waals surface area contributed by atoms with Gasteiger partial charge in [0.05, 0.1) is 12.5 Å². The summed E-state index contributed by atoms with van der Waals surface area (Å²) >= 11 is 1.92. The molecule has 1 aliphatic carbocycles. The van der Waals surface area contributed by atoms with Crippen LogP contribution in [0.1, 0.15) is 24.4 Å². The van der Waals surface area contributed by atoms with Crippen LogP contribution < -0.4 is 5.32 Å². The van der Waals surface area contributed by atoms with Gasteiger partial charge < -0.3 is 10.1 Å². The van der Waals surface area contributed by atoms with Crippen LogP contribution in [0, 0.1) is 5.41 Å². The number of thioether (sulfide) groups is 1. The predicted molar refractivity (Wildman–Crippen MR) is 94.8 cm³/mol. The molecule has 3 rings (SSSR count). The molecule has 5 nitrogen and oxygen atoms in total. The van der Waals surface area contributed by atoms with Gasteiger partial charge in [-0.25, -0.2) is 0 Å². The van der Waals surface area contributed by atoms with Gasteiger partial charge in [-0.2, -0.15) is 11.8 Å². The van der Waals surface area contributed by atoms with E-state index in [0.29, 0.717) is 6.54 Å². The Morgan fingerprint density at radius 3 is 2.50 bits per heavy atom. The monoisotopic (exact) mass is 348 g/mol. The van der Waals surface area contributed by atoms with Crippen LogP contribution >= 0.6 is 11.8 Å². The first kappa shape index (κ1) is 17.3. The van der Waals surface area contributed by atoms with E-state index in [1.807, 2.05) is 42.1 Å². The van der Waals surface area contributed by atoms with Crippen molar-refractivity contribution in [2.24, 2.45) is 5.41 Å². The molecule has 0 unspecified atom stereocenters. The maximum atomic E-state index is 12.9. The molecule has 0 spiro atoms. The molecule has 1 atom stereocenters. The molecular formula is C18H24N2O3S. The third-order valence-electron chi connectivity index (χ3n) is 4.85. The van der Waals surface area contributed by atoms with Crippen LogP contribution in [0.5, 0.6) is 0 Å². The van der Waals surface area contributed by atoms with Crippen LogP contribution in [0.2, 0.25) is 0 Å². The number of methoxy groups -OCH3 is 1. The third kappa shape index (κ3) is 3.75. The molecule has 1 heterocycles. The standard InChI is InChI=1S/C18H24N2O3S/c1-23-17(22)18(7-8-18)13-19-16(21)15(14-5-3-2-4-6-14)20-9-11-24-12-10-20/h2-6,15H,7-13H2,1H3,(H,19,21)/t15-/m1/s1. The van der Waals surface area contributed by atoms with Crippen molar-refractivity contribution in [3.05, 3.63) is 35.9 Å². The zero-order chi connectivity index (χ0) is 17.0. The maximum Gasteiger partial charge on any atom is 0.313 e. The van der Waals surface area contributed by atoms with E-state index >= 15 is 0 Å². The summed E-state index contributed by atoms with van der Waals surface area (Å²) in [5.41, 5.74) is 0.508. The first-order chi connectivity index (χ1) is 11.7. The van der Waals surface area contributed by atoms with Gasteiger partial charge in [-0.1, -0.05) is 30.3 Å². The second kappa shape index (κ2) is 7.57. The van der Waals surface area contributed by atoms with Crippen molar-refractivity contribution >= 4 is 23.6 Å². The molecule has 1 N–H and O–H groups in total. The predicted octanol–water partition coefficient (Wildman–Crippen LogP) is 1.85. The number of rotatable bonds is 6. The van der Waals surface area contributed by atoms with Crippen LogP contribution in [-0.4, -0.2) is 55.0 Å². The Morgan fingerprint density at radius 1 is 1.25 bits per heavy atom. The highest BCUT2D eigenvalue weighted by molar-refractivity contribution is 7.99. The van der Waals surface area contributed by atoms with Crippen LogP contribution in [0.4, 0.5) is 0 Å². The van der Waals surface area contributed by atoms with E-state index in [2.05, 4.69) is 10.2 Å². The number of hydrogen-bond acceptors (Lipinski definition) is 5. The molecule has 2 fully saturated rings. The zero-order valence-electron chi connectivity index (χ0n) is 14.0. The largest absolute Gasteiger partial charge is 0.469 e. The highest BCUT2D eigenvalue weighted by Gasteiger charge is 2.51. The highest BCUT2D eigenvalue weighted by Crippen LogP contribution is 2.46. The minimum Gasteiger partial charge on any atom is -0.469 e. The fraction of sp³-hybridized carbons (Fsp3) is 0.556. The Balaban J connectivity index is 1.70. The van der Waals surface area contributed by atoms with Crippen molar-refractivity contribution in [1.82, 2.24) is 10.2 Å². The minimum absolute atomic E-state index is 0.0247. The number of nitrogens with one attached hydrogen (secondary N) is 1. The Labute approximate surface area is 147 Å². The Kier molecular flexibility index (Phi) is 5.46. The van der Waals surface area contributed by atoms with E-state index in [4.69, 9.17) is 4.74 Å². The quantitative estimate of drug-likeness (QED) is 0.795. The van der Waals surface area contributed by atoms with E-state index in [-0.39, 0.29) is 17.9 Å². The van der Waals surface area contributed by atoms with Gasteiger partial charge in [0.1, 0.15) is 6.04 Å². The molecular weight excluding hydrogens is 324 g/mol. The van der Waals surface area contributed by atoms with E-state index < -0.39 is 5.41 Å². The normalized spacial score (nSPS) is 20.9. The van der Waals surface area contributed by atoms with Gasteiger partial charge in [0.15, 0.2) is 0 Å². The summed E-state index contributed by atoms with van der Waals surface area (Å²) in [6, 6.07) is 9.59. The molecule has 0 bridgehead atoms. The average molecular weight is 348 g/mol. The molecule has 1 amide bonds. The molecule has 130 valence electrons. The third-order valence-corrected chi connectivity index (χ3v) is 5.79. The average Bonchev–Trinajstić information content (AvgIpc) is 3.43. The minimum atomic E-state index is -0.497. The number of carbonyl (C=O) groups excluding carboxylic acids is 2. The number of ether oxygens (including phenoxy) is 1. The fourth-order valence-corrected chi connectivity index (χ4v) is 4.10. The van der Waals surface area contributed by atoms with Crippen LogP contribution in [0.3, 0.4) is 0 Å². The molecule has 1 aromatic rings. The lowest BCUT2D eigenvalue weighted by Crippen LogP contribution is -2.46. The van der Waals surface area contributed by atoms with E-state index in [1.54, 1.807) is 0 Å². The zero-order valence-corrected chi connectivity index (χ0v) is 14.8. The lowest BCUT2D eigenvalue weighted by Gasteiger charge is -2.34. The van der Waals surface area contributed by atoms with Crippen molar-refractivity contribution in [3.8, 4) is 0 Å². The summed E-state index contributed by atoms with van der Waals surface area (Å²) in [5.74, 6) is 1.85. The van der Waals surface area contributed by atoms with Gasteiger partial charge in [0.25, 0.3) is 0 Å². The summed E-state index contributed by atoms with van der Waals surface area (Å²) < 4.78 is 4.87. The molecule has 1 saturated heterocycles. The van der Waals surface area contributed by atoms with Gasteiger partial charge in [-0.15, -0.1) is 0 Å². The molecule has 1 aliphatic heterocycles. The van der Waals surface area contributed by atoms with Gasteiger partial charge in [0, 0.05) is 31.1 Å². The second-order valence-corrected chi connectivity index (χ2v) is 7.68. The Hall–Kier alpha value is -1.53. The molecule has 0 aromatic heterocycles. The smallest absolute Gasteiger partial charge is 0.313 e. The van der Waals surface area contributed by atoms with Crippen LogP contribution in [0.25, 0.3) is 0 Å². The number of nitrogens with zero attached hydrogens (tertiary/aromatic N) is 1. The number of carbonyl (C=O) groups is 2. The number of benzene rings is 1. The van der Waals surface area contributed by atoms with Crippen molar-refractivity contribution < 1.29 is 14.3 Å². The lowest BCUT2D eigenvalue weighted by molar-refractivity contribution is -0.147. The summed E-state index contributed by atoms with van der Waals surface area (Å²) in [6.45, 7) is 2.17. The number of hydrogen-bond donors (Lipinski definition) is 1. The van der Waals surface area contributed by atoms with Gasteiger partial charge in [-0.05, 0) is 18.4 Å². The molecule has 2 aliphatic rings. The summed E-state index contributed by atoms with van der Waals surface area (Å²) in [7, 11) is 1.41. The lowest BCUT2D eigenvalue weighted by atomic mass is 10.0. The Morgan fingerprint density at radius 2 is 1.92 bits per heavy atom. The first-order valence-electron chi connectivity index (χ1n) is 8.39. The molecule has 6 heteroatoms. The van der Waals surface area contributed by atoms with E-state index in [1.165, 1.54) is 7.11 Å². The van der Waals surface area contributed by atoms with Crippen molar-refractivity contribution in [2.75, 3.05) is 38.2 Å². The van der Waals surface area contributed by atoms with E-state index in [9.17, 15) is 9.59 Å². The highest BCUT2D eigenvalue weighted by atomic mass is 32.2. The van der Waals surface area contributed by atoms with Crippen LogP contribution in [0.15, 0.2) is 30.3 Å². The summed E-state index contributed by atoms with van der Waals surface area (Å²) in [5, 5.41) is 3.01. The van der Waals surface area contributed by atoms with Gasteiger partial charge in [-0.3, -0.25) is 14.5 Å². The fourth-order valence-electron chi connectivity index (χ4n) is 3.17. The first-order valence-corrected chi connectivity index (χ1v) is 9.55. The Bertz CT molecular complexity index is 583. The number of amides is 1. The summed E-state index contributed by atoms with van der Waals surface area (Å²) in [6.07, 6.45) is 1.58. The second-order valence-electron chi connectivity index (χ2n) is 6.45. The molecule has 0 radical (unpaired) electrons. The number of esters is 1. The SMILES string of the molecule is COC(=O)C1(CNC(=O)[C@@H](c2ccccc2)N2CCSCC2)CC1. The molecule has 1 aromatic carbocycles. The topological polar surface area (TPSA) is 58.6 Å². The van der Waals surface area contributed by atoms with Crippen molar-refractivity contribution in [3.63, 3.8) is 0 Å². The van der Waals surface area contributed by atoms with Gasteiger partial charge >= 0.3 is 5.97 Å². The molecule has 1 saturated carbocycles. The van der Waals surface area contributed by atoms with Crippen molar-refractivity contribution in [1.29, 1.82) is 0 Å². The van der Waals surface area contributed by atoms with Gasteiger partial charge in [0.2, 0.25) is 5.91 Å². The molecule has 24 heavy (non-hydrogen) atoms. The van der Waals surface area contributed by atoms with Crippen LogP contribution in [-0.2, 0) is 14.3 Å². The summed E-state index contributed by atoms with van der Waals surface area (Å²) in [4.78, 5) is 27.0. The maximum absolute atomic E-state index is 12.9. The van der Waals surface area contributed by atoms with Crippen molar-refractivity contribution in [2.45, 2.75) is 18.9 Å². The van der Waals surface area contributed by atoms with E-state index in [0.717, 1.165) is 43.0 Å².